The van der Waals surface area contributed by atoms with E-state index in [2.05, 4.69) is 10.6 Å². The Morgan fingerprint density at radius 1 is 1.44 bits per heavy atom. The first kappa shape index (κ1) is 11.0. The van der Waals surface area contributed by atoms with Crippen LogP contribution in [0.4, 0.5) is 8.78 Å². The van der Waals surface area contributed by atoms with Crippen LogP contribution in [0.2, 0.25) is 0 Å². The van der Waals surface area contributed by atoms with Gasteiger partial charge in [-0.05, 0) is 31.2 Å². The maximum Gasteiger partial charge on any atom is 0.254 e. The summed E-state index contributed by atoms with van der Waals surface area (Å²) in [6.07, 6.45) is 0.808. The molecule has 1 atom stereocenters. The fourth-order valence-corrected chi connectivity index (χ4v) is 1.71. The molecule has 0 aliphatic carbocycles. The Balaban J connectivity index is 2.10. The molecule has 1 aliphatic rings. The van der Waals surface area contributed by atoms with Crippen LogP contribution in [0.15, 0.2) is 18.2 Å². The minimum atomic E-state index is -0.704. The molecule has 16 heavy (non-hydrogen) atoms. The van der Waals surface area contributed by atoms with Crippen molar-refractivity contribution < 1.29 is 13.6 Å². The number of rotatable bonds is 2. The van der Waals surface area contributed by atoms with Crippen LogP contribution < -0.4 is 10.6 Å². The molecule has 1 aromatic rings. The number of halogens is 2. The summed E-state index contributed by atoms with van der Waals surface area (Å²) in [7, 11) is 0. The molecule has 1 unspecified atom stereocenters. The van der Waals surface area contributed by atoms with Crippen molar-refractivity contribution in [3.8, 4) is 0 Å². The van der Waals surface area contributed by atoms with Crippen LogP contribution in [0.25, 0.3) is 0 Å². The van der Waals surface area contributed by atoms with Gasteiger partial charge in [-0.1, -0.05) is 0 Å². The molecule has 0 spiro atoms. The first-order valence-electron chi connectivity index (χ1n) is 5.13. The summed E-state index contributed by atoms with van der Waals surface area (Å²) in [4.78, 5) is 11.6. The molecule has 1 amide bonds. The molecule has 0 aromatic heterocycles. The van der Waals surface area contributed by atoms with E-state index < -0.39 is 17.5 Å². The minimum absolute atomic E-state index is 0.00447. The summed E-state index contributed by atoms with van der Waals surface area (Å²) < 4.78 is 26.1. The normalized spacial score (nSPS) is 19.8. The lowest BCUT2D eigenvalue weighted by atomic mass is 10.1. The average molecular weight is 226 g/mol. The highest BCUT2D eigenvalue weighted by molar-refractivity contribution is 5.94. The summed E-state index contributed by atoms with van der Waals surface area (Å²) in [5, 5.41) is 5.73. The lowest BCUT2D eigenvalue weighted by Gasteiger charge is -2.11. The predicted octanol–water partition coefficient (Wildman–Crippen LogP) is 1.06. The summed E-state index contributed by atoms with van der Waals surface area (Å²) >= 11 is 0. The van der Waals surface area contributed by atoms with Crippen LogP contribution in [-0.2, 0) is 0 Å². The summed E-state index contributed by atoms with van der Waals surface area (Å²) in [6, 6.07) is 2.85. The topological polar surface area (TPSA) is 41.1 Å². The van der Waals surface area contributed by atoms with E-state index in [0.29, 0.717) is 6.54 Å². The second-order valence-corrected chi connectivity index (χ2v) is 3.79. The molecule has 0 bridgehead atoms. The van der Waals surface area contributed by atoms with Gasteiger partial charge in [0.2, 0.25) is 0 Å². The van der Waals surface area contributed by atoms with Crippen LogP contribution in [-0.4, -0.2) is 25.0 Å². The highest BCUT2D eigenvalue weighted by Crippen LogP contribution is 2.10. The van der Waals surface area contributed by atoms with E-state index in [-0.39, 0.29) is 11.6 Å². The Bertz CT molecular complexity index is 403. The Morgan fingerprint density at radius 3 is 2.94 bits per heavy atom. The second kappa shape index (κ2) is 4.57. The Morgan fingerprint density at radius 2 is 2.25 bits per heavy atom. The highest BCUT2D eigenvalue weighted by atomic mass is 19.1. The van der Waals surface area contributed by atoms with Gasteiger partial charge in [-0.3, -0.25) is 4.79 Å². The maximum atomic E-state index is 13.3. The van der Waals surface area contributed by atoms with Gasteiger partial charge in [0.25, 0.3) is 5.91 Å². The quantitative estimate of drug-likeness (QED) is 0.791. The van der Waals surface area contributed by atoms with E-state index in [4.69, 9.17) is 0 Å². The maximum absolute atomic E-state index is 13.3. The zero-order chi connectivity index (χ0) is 11.5. The van der Waals surface area contributed by atoms with Gasteiger partial charge < -0.3 is 10.6 Å². The van der Waals surface area contributed by atoms with Crippen LogP contribution in [0, 0.1) is 11.6 Å². The van der Waals surface area contributed by atoms with E-state index in [0.717, 1.165) is 31.2 Å². The van der Waals surface area contributed by atoms with Crippen LogP contribution in [0.5, 0.6) is 0 Å². The molecule has 0 saturated carbocycles. The van der Waals surface area contributed by atoms with Gasteiger partial charge >= 0.3 is 0 Å². The number of carbonyl (C=O) groups excluding carboxylic acids is 1. The number of nitrogens with one attached hydrogen (secondary N) is 2. The molecule has 3 nitrogen and oxygen atoms in total. The molecule has 1 heterocycles. The van der Waals surface area contributed by atoms with Crippen LogP contribution >= 0.6 is 0 Å². The molecule has 1 aliphatic heterocycles. The third-order valence-corrected chi connectivity index (χ3v) is 2.57. The van der Waals surface area contributed by atoms with Crippen molar-refractivity contribution in [1.29, 1.82) is 0 Å². The van der Waals surface area contributed by atoms with Gasteiger partial charge in [0.05, 0.1) is 5.56 Å². The zero-order valence-corrected chi connectivity index (χ0v) is 8.59. The lowest BCUT2D eigenvalue weighted by Crippen LogP contribution is -2.36. The molecule has 1 saturated heterocycles. The fraction of sp³-hybridized carbons (Fsp3) is 0.364. The molecule has 1 aromatic carbocycles. The van der Waals surface area contributed by atoms with Crippen molar-refractivity contribution in [2.75, 3.05) is 13.1 Å². The Kier molecular flexibility index (Phi) is 3.14. The van der Waals surface area contributed by atoms with Gasteiger partial charge in [0.15, 0.2) is 0 Å². The molecular formula is C11H12F2N2O. The van der Waals surface area contributed by atoms with Gasteiger partial charge in [-0.15, -0.1) is 0 Å². The predicted molar refractivity (Wildman–Crippen MR) is 55.1 cm³/mol. The molecule has 1 fully saturated rings. The minimum Gasteiger partial charge on any atom is -0.348 e. The standard InChI is InChI=1S/C11H12F2N2O/c12-7-1-2-10(13)9(5-7)11(16)15-8-3-4-14-6-8/h1-2,5,8,14H,3-4,6H2,(H,15,16). The van der Waals surface area contributed by atoms with Crippen molar-refractivity contribution >= 4 is 5.91 Å². The first-order chi connectivity index (χ1) is 7.66. The third kappa shape index (κ3) is 2.36. The zero-order valence-electron chi connectivity index (χ0n) is 8.59. The number of carbonyl (C=O) groups is 1. The number of benzene rings is 1. The average Bonchev–Trinajstić information content (AvgIpc) is 2.74. The van der Waals surface area contributed by atoms with E-state index >= 15 is 0 Å². The van der Waals surface area contributed by atoms with Gasteiger partial charge in [0, 0.05) is 12.6 Å². The Hall–Kier alpha value is -1.49. The van der Waals surface area contributed by atoms with Crippen LogP contribution in [0.3, 0.4) is 0 Å². The summed E-state index contributed by atoms with van der Waals surface area (Å²) in [6.45, 7) is 1.50. The smallest absolute Gasteiger partial charge is 0.254 e. The van der Waals surface area contributed by atoms with E-state index in [1.165, 1.54) is 0 Å². The van der Waals surface area contributed by atoms with Crippen molar-refractivity contribution in [3.63, 3.8) is 0 Å². The van der Waals surface area contributed by atoms with Gasteiger partial charge in [-0.2, -0.15) is 0 Å². The monoisotopic (exact) mass is 226 g/mol. The number of amides is 1. The molecule has 2 N–H and O–H groups in total. The van der Waals surface area contributed by atoms with Gasteiger partial charge in [0.1, 0.15) is 11.6 Å². The molecular weight excluding hydrogens is 214 g/mol. The molecule has 0 radical (unpaired) electrons. The summed E-state index contributed by atoms with van der Waals surface area (Å²) in [5.41, 5.74) is -0.244. The molecule has 2 rings (SSSR count). The highest BCUT2D eigenvalue weighted by Gasteiger charge is 2.19. The molecule has 5 heteroatoms. The van der Waals surface area contributed by atoms with Gasteiger partial charge in [-0.25, -0.2) is 8.78 Å². The fourth-order valence-electron chi connectivity index (χ4n) is 1.71. The Labute approximate surface area is 91.8 Å². The summed E-state index contributed by atoms with van der Waals surface area (Å²) in [5.74, 6) is -1.88. The van der Waals surface area contributed by atoms with Crippen molar-refractivity contribution in [3.05, 3.63) is 35.4 Å². The lowest BCUT2D eigenvalue weighted by molar-refractivity contribution is 0.0935. The largest absolute Gasteiger partial charge is 0.348 e. The van der Waals surface area contributed by atoms with Crippen molar-refractivity contribution in [2.45, 2.75) is 12.5 Å². The van der Waals surface area contributed by atoms with Crippen molar-refractivity contribution in [2.24, 2.45) is 0 Å². The van der Waals surface area contributed by atoms with Crippen LogP contribution in [0.1, 0.15) is 16.8 Å². The molecule has 86 valence electrons. The second-order valence-electron chi connectivity index (χ2n) is 3.79. The number of hydrogen-bond donors (Lipinski definition) is 2. The first-order valence-corrected chi connectivity index (χ1v) is 5.13. The van der Waals surface area contributed by atoms with E-state index in [9.17, 15) is 13.6 Å². The SMILES string of the molecule is O=C(NC1CCNC1)c1cc(F)ccc1F. The third-order valence-electron chi connectivity index (χ3n) is 2.57. The number of hydrogen-bond acceptors (Lipinski definition) is 2. The van der Waals surface area contributed by atoms with Crippen molar-refractivity contribution in [1.82, 2.24) is 10.6 Å². The van der Waals surface area contributed by atoms with E-state index in [1.807, 2.05) is 0 Å². The van der Waals surface area contributed by atoms with E-state index in [1.54, 1.807) is 0 Å².